The first-order chi connectivity index (χ1) is 13.5. The zero-order valence-corrected chi connectivity index (χ0v) is 14.9. The highest BCUT2D eigenvalue weighted by molar-refractivity contribution is 5.90. The van der Waals surface area contributed by atoms with Crippen molar-refractivity contribution in [3.8, 4) is 22.9 Å². The number of aromatic nitrogens is 2. The number of benzene rings is 2. The lowest BCUT2D eigenvalue weighted by molar-refractivity contribution is -0.116. The summed E-state index contributed by atoms with van der Waals surface area (Å²) < 4.78 is 38.8. The molecule has 0 unspecified atom stereocenters. The number of aryl methyl sites for hydroxylation is 1. The van der Waals surface area contributed by atoms with Crippen LogP contribution in [0.3, 0.4) is 0 Å². The van der Waals surface area contributed by atoms with E-state index >= 15 is 0 Å². The van der Waals surface area contributed by atoms with Crippen LogP contribution in [0.5, 0.6) is 11.5 Å². The number of carbonyl (C=O) groups excluding carboxylic acids is 1. The maximum absolute atomic E-state index is 12.1. The number of nitrogens with zero attached hydrogens (tertiary/aromatic N) is 2. The summed E-state index contributed by atoms with van der Waals surface area (Å²) in [5.74, 6) is 1.23. The van der Waals surface area contributed by atoms with Crippen LogP contribution in [0.1, 0.15) is 12.3 Å². The number of nitrogens with one attached hydrogen (secondary N) is 1. The number of halogens is 2. The van der Waals surface area contributed by atoms with Crippen LogP contribution in [0.2, 0.25) is 0 Å². The Labute approximate surface area is 159 Å². The van der Waals surface area contributed by atoms with Crippen LogP contribution in [0, 0.1) is 0 Å². The molecule has 0 aliphatic heterocycles. The van der Waals surface area contributed by atoms with Gasteiger partial charge in [0.1, 0.15) is 11.5 Å². The lowest BCUT2D eigenvalue weighted by atomic mass is 10.2. The third-order valence-corrected chi connectivity index (χ3v) is 3.75. The van der Waals surface area contributed by atoms with E-state index in [1.807, 2.05) is 12.1 Å². The van der Waals surface area contributed by atoms with Crippen molar-refractivity contribution < 1.29 is 27.6 Å². The standard InChI is InChI=1S/C19H17F2N3O4/c1-26-14-6-2-12(3-7-14)18-23-17(28-24-18)11-10-16(25)22-13-4-8-15(9-5-13)27-19(20)21/h2-9,19H,10-11H2,1H3,(H,22,25). The van der Waals surface area contributed by atoms with E-state index in [1.54, 1.807) is 19.2 Å². The molecule has 1 heterocycles. The van der Waals surface area contributed by atoms with Crippen molar-refractivity contribution in [2.24, 2.45) is 0 Å². The third-order valence-electron chi connectivity index (χ3n) is 3.75. The van der Waals surface area contributed by atoms with Gasteiger partial charge in [0.25, 0.3) is 0 Å². The van der Waals surface area contributed by atoms with Gasteiger partial charge in [-0.2, -0.15) is 13.8 Å². The van der Waals surface area contributed by atoms with Gasteiger partial charge in [-0.1, -0.05) is 5.16 Å². The molecule has 0 spiro atoms. The summed E-state index contributed by atoms with van der Waals surface area (Å²) in [6.45, 7) is -2.89. The lowest BCUT2D eigenvalue weighted by Gasteiger charge is -2.07. The lowest BCUT2D eigenvalue weighted by Crippen LogP contribution is -2.12. The van der Waals surface area contributed by atoms with Crippen LogP contribution < -0.4 is 14.8 Å². The van der Waals surface area contributed by atoms with Crippen molar-refractivity contribution in [2.45, 2.75) is 19.5 Å². The number of amides is 1. The Bertz CT molecular complexity index is 912. The predicted octanol–water partition coefficient (Wildman–Crippen LogP) is 3.92. The number of anilines is 1. The second-order valence-corrected chi connectivity index (χ2v) is 5.69. The van der Waals surface area contributed by atoms with Crippen LogP contribution in [0.4, 0.5) is 14.5 Å². The van der Waals surface area contributed by atoms with Crippen molar-refractivity contribution in [3.05, 3.63) is 54.4 Å². The van der Waals surface area contributed by atoms with Crippen molar-refractivity contribution in [2.75, 3.05) is 12.4 Å². The Hall–Kier alpha value is -3.49. The number of ether oxygens (including phenoxy) is 2. The summed E-state index contributed by atoms with van der Waals surface area (Å²) in [5, 5.41) is 6.56. The first-order valence-corrected chi connectivity index (χ1v) is 8.35. The van der Waals surface area contributed by atoms with Crippen molar-refractivity contribution in [1.29, 1.82) is 0 Å². The van der Waals surface area contributed by atoms with E-state index in [2.05, 4.69) is 20.2 Å². The van der Waals surface area contributed by atoms with Crippen LogP contribution >= 0.6 is 0 Å². The molecule has 3 aromatic rings. The molecule has 1 aromatic heterocycles. The van der Waals surface area contributed by atoms with Gasteiger partial charge in [-0.15, -0.1) is 0 Å². The van der Waals surface area contributed by atoms with Crippen LogP contribution in [0.25, 0.3) is 11.4 Å². The molecule has 0 saturated heterocycles. The first kappa shape index (κ1) is 19.3. The summed E-state index contributed by atoms with van der Waals surface area (Å²) in [6.07, 6.45) is 0.390. The van der Waals surface area contributed by atoms with E-state index in [1.165, 1.54) is 24.3 Å². The van der Waals surface area contributed by atoms with Crippen LogP contribution in [-0.4, -0.2) is 29.8 Å². The van der Waals surface area contributed by atoms with Gasteiger partial charge in [-0.25, -0.2) is 0 Å². The maximum Gasteiger partial charge on any atom is 0.387 e. The molecule has 0 aliphatic carbocycles. The molecule has 1 amide bonds. The van der Waals surface area contributed by atoms with E-state index in [4.69, 9.17) is 9.26 Å². The number of carbonyl (C=O) groups is 1. The molecule has 0 bridgehead atoms. The Balaban J connectivity index is 1.51. The highest BCUT2D eigenvalue weighted by Gasteiger charge is 2.11. The van der Waals surface area contributed by atoms with Gasteiger partial charge in [-0.05, 0) is 48.5 Å². The number of alkyl halides is 2. The molecule has 0 atom stereocenters. The summed E-state index contributed by atoms with van der Waals surface area (Å²) in [7, 11) is 1.58. The van der Waals surface area contributed by atoms with E-state index in [-0.39, 0.29) is 24.5 Å². The second kappa shape index (κ2) is 8.94. The average molecular weight is 389 g/mol. The molecule has 0 fully saturated rings. The Morgan fingerprint density at radius 2 is 1.79 bits per heavy atom. The number of methoxy groups -OCH3 is 1. The Morgan fingerprint density at radius 3 is 2.43 bits per heavy atom. The fourth-order valence-corrected chi connectivity index (χ4v) is 2.38. The minimum atomic E-state index is -2.89. The quantitative estimate of drug-likeness (QED) is 0.628. The summed E-state index contributed by atoms with van der Waals surface area (Å²) in [5.41, 5.74) is 1.24. The monoisotopic (exact) mass is 389 g/mol. The van der Waals surface area contributed by atoms with Gasteiger partial charge >= 0.3 is 6.61 Å². The second-order valence-electron chi connectivity index (χ2n) is 5.69. The maximum atomic E-state index is 12.1. The molecule has 9 heteroatoms. The van der Waals surface area contributed by atoms with Crippen molar-refractivity contribution in [1.82, 2.24) is 10.1 Å². The first-order valence-electron chi connectivity index (χ1n) is 8.35. The molecule has 7 nitrogen and oxygen atoms in total. The molecule has 3 rings (SSSR count). The van der Waals surface area contributed by atoms with Gasteiger partial charge in [0, 0.05) is 24.1 Å². The fourth-order valence-electron chi connectivity index (χ4n) is 2.38. The van der Waals surface area contributed by atoms with Crippen molar-refractivity contribution in [3.63, 3.8) is 0 Å². The number of hydrogen-bond acceptors (Lipinski definition) is 6. The van der Waals surface area contributed by atoms with Gasteiger partial charge in [0.05, 0.1) is 7.11 Å². The molecule has 28 heavy (non-hydrogen) atoms. The summed E-state index contributed by atoms with van der Waals surface area (Å²) in [4.78, 5) is 16.3. The molecule has 1 N–H and O–H groups in total. The zero-order chi connectivity index (χ0) is 19.9. The van der Waals surface area contributed by atoms with Gasteiger partial charge < -0.3 is 19.3 Å². The number of hydrogen-bond donors (Lipinski definition) is 1. The van der Waals surface area contributed by atoms with Gasteiger partial charge in [-0.3, -0.25) is 4.79 Å². The van der Waals surface area contributed by atoms with Crippen LogP contribution in [-0.2, 0) is 11.2 Å². The third kappa shape index (κ3) is 5.26. The van der Waals surface area contributed by atoms with E-state index in [0.717, 1.165) is 11.3 Å². The minimum absolute atomic E-state index is 0.0184. The Morgan fingerprint density at radius 1 is 1.11 bits per heavy atom. The van der Waals surface area contributed by atoms with E-state index in [9.17, 15) is 13.6 Å². The molecule has 0 aliphatic rings. The predicted molar refractivity (Wildman–Crippen MR) is 96.3 cm³/mol. The molecule has 0 saturated carbocycles. The Kier molecular flexibility index (Phi) is 6.15. The molecular weight excluding hydrogens is 372 g/mol. The minimum Gasteiger partial charge on any atom is -0.497 e. The van der Waals surface area contributed by atoms with Gasteiger partial charge in [0.2, 0.25) is 17.6 Å². The molecule has 0 radical (unpaired) electrons. The largest absolute Gasteiger partial charge is 0.497 e. The highest BCUT2D eigenvalue weighted by atomic mass is 19.3. The normalized spacial score (nSPS) is 10.7. The smallest absolute Gasteiger partial charge is 0.387 e. The summed E-state index contributed by atoms with van der Waals surface area (Å²) >= 11 is 0. The fraction of sp³-hybridized carbons (Fsp3) is 0.211. The molecular formula is C19H17F2N3O4. The average Bonchev–Trinajstić information content (AvgIpc) is 3.17. The SMILES string of the molecule is COc1ccc(-c2noc(CCC(=O)Nc3ccc(OC(F)F)cc3)n2)cc1. The molecule has 2 aromatic carbocycles. The van der Waals surface area contributed by atoms with Crippen molar-refractivity contribution >= 4 is 11.6 Å². The van der Waals surface area contributed by atoms with E-state index < -0.39 is 6.61 Å². The summed E-state index contributed by atoms with van der Waals surface area (Å²) in [6, 6.07) is 12.8. The molecule has 146 valence electrons. The number of rotatable bonds is 8. The zero-order valence-electron chi connectivity index (χ0n) is 14.9. The highest BCUT2D eigenvalue weighted by Crippen LogP contribution is 2.20. The van der Waals surface area contributed by atoms with Gasteiger partial charge in [0.15, 0.2) is 0 Å². The van der Waals surface area contributed by atoms with E-state index in [0.29, 0.717) is 17.4 Å². The topological polar surface area (TPSA) is 86.5 Å². The van der Waals surface area contributed by atoms with Crippen LogP contribution in [0.15, 0.2) is 53.1 Å².